The van der Waals surface area contributed by atoms with Crippen molar-refractivity contribution in [3.8, 4) is 5.75 Å². The van der Waals surface area contributed by atoms with Gasteiger partial charge >= 0.3 is 0 Å². The van der Waals surface area contributed by atoms with E-state index in [4.69, 9.17) is 4.74 Å². The summed E-state index contributed by atoms with van der Waals surface area (Å²) in [6.07, 6.45) is 3.41. The predicted octanol–water partition coefficient (Wildman–Crippen LogP) is 1.76. The summed E-state index contributed by atoms with van der Waals surface area (Å²) in [6, 6.07) is 11.3. The van der Waals surface area contributed by atoms with Gasteiger partial charge in [-0.1, -0.05) is 24.3 Å². The number of para-hydroxylation sites is 1. The Hall–Kier alpha value is -2.89. The molecule has 0 bridgehead atoms. The van der Waals surface area contributed by atoms with E-state index in [9.17, 15) is 9.59 Å². The number of hydrogen-bond acceptors (Lipinski definition) is 4. The minimum atomic E-state index is -0.234. The van der Waals surface area contributed by atoms with Gasteiger partial charge in [-0.3, -0.25) is 14.6 Å². The van der Waals surface area contributed by atoms with Gasteiger partial charge in [-0.15, -0.1) is 0 Å². The Kier molecular flexibility index (Phi) is 6.31. The third-order valence-electron chi connectivity index (χ3n) is 3.49. The van der Waals surface area contributed by atoms with Gasteiger partial charge in [0.1, 0.15) is 5.75 Å². The number of amides is 2. The molecule has 0 radical (unpaired) electrons. The standard InChI is InChI=1S/C18H21N3O3/c1-14(22)20-11-18(23)21(12-15-6-5-9-19-10-15)13-16-7-3-4-8-17(16)24-2/h3-10H,11-13H2,1-2H3,(H,20,22). The highest BCUT2D eigenvalue weighted by Gasteiger charge is 2.17. The molecule has 0 spiro atoms. The van der Waals surface area contributed by atoms with Crippen LogP contribution in [0.15, 0.2) is 48.8 Å². The van der Waals surface area contributed by atoms with Crippen molar-refractivity contribution < 1.29 is 14.3 Å². The molecule has 2 amide bonds. The number of carbonyl (C=O) groups excluding carboxylic acids is 2. The van der Waals surface area contributed by atoms with Crippen molar-refractivity contribution in [2.45, 2.75) is 20.0 Å². The second-order valence-corrected chi connectivity index (χ2v) is 5.33. The van der Waals surface area contributed by atoms with Gasteiger partial charge in [0, 0.05) is 38.0 Å². The molecule has 0 aliphatic carbocycles. The Morgan fingerprint density at radius 2 is 1.96 bits per heavy atom. The maximum atomic E-state index is 12.5. The summed E-state index contributed by atoms with van der Waals surface area (Å²) in [5.41, 5.74) is 1.82. The van der Waals surface area contributed by atoms with E-state index < -0.39 is 0 Å². The van der Waals surface area contributed by atoms with Gasteiger partial charge in [0.2, 0.25) is 11.8 Å². The summed E-state index contributed by atoms with van der Waals surface area (Å²) in [5, 5.41) is 2.55. The quantitative estimate of drug-likeness (QED) is 0.841. The molecule has 0 saturated carbocycles. The zero-order valence-corrected chi connectivity index (χ0v) is 13.9. The largest absolute Gasteiger partial charge is 0.496 e. The first-order valence-electron chi connectivity index (χ1n) is 7.63. The van der Waals surface area contributed by atoms with Crippen LogP contribution in [0.1, 0.15) is 18.1 Å². The Morgan fingerprint density at radius 3 is 2.62 bits per heavy atom. The Balaban J connectivity index is 2.18. The van der Waals surface area contributed by atoms with Crippen molar-refractivity contribution in [1.29, 1.82) is 0 Å². The van der Waals surface area contributed by atoms with E-state index in [0.29, 0.717) is 13.1 Å². The highest BCUT2D eigenvalue weighted by atomic mass is 16.5. The SMILES string of the molecule is COc1ccccc1CN(Cc1cccnc1)C(=O)CNC(C)=O. The van der Waals surface area contributed by atoms with Crippen LogP contribution in [-0.4, -0.2) is 35.4 Å². The normalized spacial score (nSPS) is 10.1. The van der Waals surface area contributed by atoms with E-state index in [0.717, 1.165) is 16.9 Å². The minimum Gasteiger partial charge on any atom is -0.496 e. The average molecular weight is 327 g/mol. The van der Waals surface area contributed by atoms with Gasteiger partial charge in [-0.25, -0.2) is 0 Å². The molecular formula is C18H21N3O3. The van der Waals surface area contributed by atoms with Crippen LogP contribution in [0.4, 0.5) is 0 Å². The van der Waals surface area contributed by atoms with Gasteiger partial charge in [0.25, 0.3) is 0 Å². The Bertz CT molecular complexity index is 689. The van der Waals surface area contributed by atoms with Crippen molar-refractivity contribution >= 4 is 11.8 Å². The van der Waals surface area contributed by atoms with Crippen LogP contribution in [0.3, 0.4) is 0 Å². The predicted molar refractivity (Wildman–Crippen MR) is 90.2 cm³/mol. The summed E-state index contributed by atoms with van der Waals surface area (Å²) < 4.78 is 5.35. The minimum absolute atomic E-state index is 0.0370. The van der Waals surface area contributed by atoms with Gasteiger partial charge in [0.15, 0.2) is 0 Å². The fourth-order valence-electron chi connectivity index (χ4n) is 2.30. The van der Waals surface area contributed by atoms with Crippen LogP contribution in [0.5, 0.6) is 5.75 Å². The number of pyridine rings is 1. The molecule has 2 rings (SSSR count). The molecule has 0 fully saturated rings. The maximum absolute atomic E-state index is 12.5. The summed E-state index contributed by atoms with van der Waals surface area (Å²) >= 11 is 0. The molecule has 126 valence electrons. The molecule has 1 heterocycles. The number of ether oxygens (including phenoxy) is 1. The van der Waals surface area contributed by atoms with Crippen molar-refractivity contribution in [3.63, 3.8) is 0 Å². The number of benzene rings is 1. The third-order valence-corrected chi connectivity index (χ3v) is 3.49. The van der Waals surface area contributed by atoms with Crippen LogP contribution < -0.4 is 10.1 Å². The summed E-state index contributed by atoms with van der Waals surface area (Å²) in [7, 11) is 1.60. The van der Waals surface area contributed by atoms with Crippen LogP contribution in [0.2, 0.25) is 0 Å². The second-order valence-electron chi connectivity index (χ2n) is 5.33. The Labute approximate surface area is 141 Å². The van der Waals surface area contributed by atoms with Gasteiger partial charge < -0.3 is 15.0 Å². The first kappa shape index (κ1) is 17.5. The van der Waals surface area contributed by atoms with E-state index in [-0.39, 0.29) is 18.4 Å². The monoisotopic (exact) mass is 327 g/mol. The highest BCUT2D eigenvalue weighted by Crippen LogP contribution is 2.20. The molecule has 0 aliphatic heterocycles. The molecule has 0 unspecified atom stereocenters. The van der Waals surface area contributed by atoms with E-state index in [2.05, 4.69) is 10.3 Å². The first-order valence-corrected chi connectivity index (χ1v) is 7.63. The Morgan fingerprint density at radius 1 is 1.17 bits per heavy atom. The highest BCUT2D eigenvalue weighted by molar-refractivity contribution is 5.83. The number of aromatic nitrogens is 1. The number of hydrogen-bond donors (Lipinski definition) is 1. The van der Waals surface area contributed by atoms with Gasteiger partial charge in [-0.05, 0) is 17.7 Å². The van der Waals surface area contributed by atoms with Crippen LogP contribution >= 0.6 is 0 Å². The summed E-state index contributed by atoms with van der Waals surface area (Å²) in [5.74, 6) is 0.322. The molecule has 1 aromatic heterocycles. The molecule has 6 heteroatoms. The molecule has 24 heavy (non-hydrogen) atoms. The van der Waals surface area contributed by atoms with Gasteiger partial charge in [-0.2, -0.15) is 0 Å². The first-order chi connectivity index (χ1) is 11.6. The van der Waals surface area contributed by atoms with E-state index in [1.807, 2.05) is 36.4 Å². The van der Waals surface area contributed by atoms with Crippen LogP contribution in [0.25, 0.3) is 0 Å². The average Bonchev–Trinajstić information content (AvgIpc) is 2.60. The lowest BCUT2D eigenvalue weighted by Crippen LogP contribution is -2.38. The van der Waals surface area contributed by atoms with Crippen molar-refractivity contribution in [1.82, 2.24) is 15.2 Å². The van der Waals surface area contributed by atoms with E-state index in [1.165, 1.54) is 6.92 Å². The van der Waals surface area contributed by atoms with Crippen LogP contribution in [0, 0.1) is 0 Å². The molecule has 0 atom stereocenters. The van der Waals surface area contributed by atoms with Crippen LogP contribution in [-0.2, 0) is 22.7 Å². The molecule has 6 nitrogen and oxygen atoms in total. The zero-order valence-electron chi connectivity index (χ0n) is 13.9. The topological polar surface area (TPSA) is 71.5 Å². The summed E-state index contributed by atoms with van der Waals surface area (Å²) in [6.45, 7) is 2.14. The molecule has 1 aromatic carbocycles. The fourth-order valence-corrected chi connectivity index (χ4v) is 2.30. The molecule has 1 N–H and O–H groups in total. The zero-order chi connectivity index (χ0) is 17.4. The number of nitrogens with one attached hydrogen (secondary N) is 1. The van der Waals surface area contributed by atoms with Crippen molar-refractivity contribution in [2.24, 2.45) is 0 Å². The lowest BCUT2D eigenvalue weighted by Gasteiger charge is -2.24. The molecular weight excluding hydrogens is 306 g/mol. The number of rotatable bonds is 7. The third kappa shape index (κ3) is 5.08. The lowest BCUT2D eigenvalue weighted by atomic mass is 10.1. The van der Waals surface area contributed by atoms with Crippen molar-refractivity contribution in [2.75, 3.05) is 13.7 Å². The van der Waals surface area contributed by atoms with E-state index in [1.54, 1.807) is 24.4 Å². The number of nitrogens with zero attached hydrogens (tertiary/aromatic N) is 2. The smallest absolute Gasteiger partial charge is 0.242 e. The summed E-state index contributed by atoms with van der Waals surface area (Å²) in [4.78, 5) is 29.3. The number of methoxy groups -OCH3 is 1. The lowest BCUT2D eigenvalue weighted by molar-refractivity contribution is -0.133. The maximum Gasteiger partial charge on any atom is 0.242 e. The van der Waals surface area contributed by atoms with Crippen molar-refractivity contribution in [3.05, 3.63) is 59.9 Å². The van der Waals surface area contributed by atoms with E-state index >= 15 is 0 Å². The molecule has 2 aromatic rings. The van der Waals surface area contributed by atoms with Gasteiger partial charge in [0.05, 0.1) is 13.7 Å². The second kappa shape index (κ2) is 8.67. The fraction of sp³-hybridized carbons (Fsp3) is 0.278. The molecule has 0 aliphatic rings. The molecule has 0 saturated heterocycles. The number of carbonyl (C=O) groups is 2.